The van der Waals surface area contributed by atoms with Crippen molar-refractivity contribution in [3.05, 3.63) is 29.8 Å². The van der Waals surface area contributed by atoms with Crippen LogP contribution in [0.2, 0.25) is 0 Å². The van der Waals surface area contributed by atoms with Crippen molar-refractivity contribution >= 4 is 17.6 Å². The van der Waals surface area contributed by atoms with Crippen LogP contribution in [0, 0.1) is 0 Å². The first kappa shape index (κ1) is 14.3. The number of ether oxygens (including phenoxy) is 2. The molecule has 0 aromatic heterocycles. The molecule has 1 amide bonds. The second-order valence-electron chi connectivity index (χ2n) is 4.64. The Hall–Kier alpha value is -2.08. The highest BCUT2D eigenvalue weighted by molar-refractivity contribution is 5.91. The molecule has 1 aliphatic heterocycles. The quantitative estimate of drug-likeness (QED) is 0.612. The molecule has 1 atom stereocenters. The molecular weight excluding hydrogens is 260 g/mol. The van der Waals surface area contributed by atoms with Crippen LogP contribution in [0.1, 0.15) is 23.2 Å². The molecule has 6 nitrogen and oxygen atoms in total. The lowest BCUT2D eigenvalue weighted by Gasteiger charge is -2.11. The SMILES string of the molecule is Nc1ccc(C(=O)OCC(=O)NC[C@@H]2CCCO2)cc1. The molecule has 3 N–H and O–H groups in total. The Kier molecular flexibility index (Phi) is 4.95. The van der Waals surface area contributed by atoms with E-state index in [4.69, 9.17) is 15.2 Å². The highest BCUT2D eigenvalue weighted by atomic mass is 16.5. The van der Waals surface area contributed by atoms with Crippen molar-refractivity contribution < 1.29 is 19.1 Å². The lowest BCUT2D eigenvalue weighted by Crippen LogP contribution is -2.34. The van der Waals surface area contributed by atoms with E-state index in [1.54, 1.807) is 24.3 Å². The van der Waals surface area contributed by atoms with Crippen LogP contribution in [-0.2, 0) is 14.3 Å². The van der Waals surface area contributed by atoms with E-state index in [0.29, 0.717) is 17.8 Å². The first-order valence-electron chi connectivity index (χ1n) is 6.56. The number of nitrogens with one attached hydrogen (secondary N) is 1. The maximum Gasteiger partial charge on any atom is 0.338 e. The fourth-order valence-corrected chi connectivity index (χ4v) is 1.92. The van der Waals surface area contributed by atoms with Gasteiger partial charge in [-0.25, -0.2) is 4.79 Å². The van der Waals surface area contributed by atoms with Gasteiger partial charge >= 0.3 is 5.97 Å². The van der Waals surface area contributed by atoms with Crippen molar-refractivity contribution in [2.75, 3.05) is 25.5 Å². The number of rotatable bonds is 5. The van der Waals surface area contributed by atoms with Gasteiger partial charge < -0.3 is 20.5 Å². The zero-order chi connectivity index (χ0) is 14.4. The Morgan fingerprint density at radius 2 is 2.10 bits per heavy atom. The Labute approximate surface area is 117 Å². The molecule has 20 heavy (non-hydrogen) atoms. The third-order valence-electron chi connectivity index (χ3n) is 3.03. The summed E-state index contributed by atoms with van der Waals surface area (Å²) in [5.74, 6) is -0.874. The summed E-state index contributed by atoms with van der Waals surface area (Å²) in [4.78, 5) is 23.2. The molecule has 1 saturated heterocycles. The zero-order valence-electron chi connectivity index (χ0n) is 11.1. The predicted octanol–water partition coefficient (Wildman–Crippen LogP) is 0.721. The van der Waals surface area contributed by atoms with Crippen molar-refractivity contribution in [2.24, 2.45) is 0 Å². The zero-order valence-corrected chi connectivity index (χ0v) is 11.1. The summed E-state index contributed by atoms with van der Waals surface area (Å²) in [7, 11) is 0. The van der Waals surface area contributed by atoms with E-state index >= 15 is 0 Å². The summed E-state index contributed by atoms with van der Waals surface area (Å²) in [6.45, 7) is 0.904. The number of nitrogens with two attached hydrogens (primary N) is 1. The maximum atomic E-state index is 11.7. The summed E-state index contributed by atoms with van der Waals surface area (Å²) in [5.41, 5.74) is 6.45. The largest absolute Gasteiger partial charge is 0.452 e. The highest BCUT2D eigenvalue weighted by Crippen LogP contribution is 2.10. The fraction of sp³-hybridized carbons (Fsp3) is 0.429. The number of hydrogen-bond donors (Lipinski definition) is 2. The van der Waals surface area contributed by atoms with Crippen LogP contribution in [-0.4, -0.2) is 37.7 Å². The van der Waals surface area contributed by atoms with Crippen molar-refractivity contribution in [1.29, 1.82) is 0 Å². The van der Waals surface area contributed by atoms with E-state index < -0.39 is 5.97 Å². The molecule has 1 aromatic rings. The number of anilines is 1. The molecule has 2 rings (SSSR count). The Morgan fingerprint density at radius 1 is 1.35 bits per heavy atom. The van der Waals surface area contributed by atoms with Crippen molar-refractivity contribution in [3.8, 4) is 0 Å². The van der Waals surface area contributed by atoms with Gasteiger partial charge in [0.25, 0.3) is 5.91 Å². The lowest BCUT2D eigenvalue weighted by atomic mass is 10.2. The van der Waals surface area contributed by atoms with Gasteiger partial charge in [-0.3, -0.25) is 4.79 Å². The van der Waals surface area contributed by atoms with Gasteiger partial charge in [0, 0.05) is 18.8 Å². The lowest BCUT2D eigenvalue weighted by molar-refractivity contribution is -0.124. The Balaban J connectivity index is 1.69. The summed E-state index contributed by atoms with van der Waals surface area (Å²) in [6.07, 6.45) is 2.05. The number of hydrogen-bond acceptors (Lipinski definition) is 5. The average molecular weight is 278 g/mol. The normalized spacial score (nSPS) is 17.7. The first-order chi connectivity index (χ1) is 9.65. The fourth-order valence-electron chi connectivity index (χ4n) is 1.92. The summed E-state index contributed by atoms with van der Waals surface area (Å²) in [5, 5.41) is 2.68. The summed E-state index contributed by atoms with van der Waals surface area (Å²) >= 11 is 0. The van der Waals surface area contributed by atoms with Gasteiger partial charge in [-0.1, -0.05) is 0 Å². The Bertz CT molecular complexity index is 467. The molecular formula is C14H18N2O4. The standard InChI is InChI=1S/C14H18N2O4/c15-11-5-3-10(4-6-11)14(18)20-9-13(17)16-8-12-2-1-7-19-12/h3-6,12H,1-2,7-9,15H2,(H,16,17)/t12-/m0/s1. The number of carbonyl (C=O) groups is 2. The molecule has 1 fully saturated rings. The summed E-state index contributed by atoms with van der Waals surface area (Å²) in [6, 6.07) is 6.33. The molecule has 0 aliphatic carbocycles. The van der Waals surface area contributed by atoms with Crippen molar-refractivity contribution in [1.82, 2.24) is 5.32 Å². The molecule has 1 aromatic carbocycles. The van der Waals surface area contributed by atoms with Gasteiger partial charge in [-0.05, 0) is 37.1 Å². The number of esters is 1. The number of nitrogen functional groups attached to an aromatic ring is 1. The van der Waals surface area contributed by atoms with Gasteiger partial charge in [0.15, 0.2) is 6.61 Å². The van der Waals surface area contributed by atoms with E-state index in [9.17, 15) is 9.59 Å². The van der Waals surface area contributed by atoms with Gasteiger partial charge in [-0.2, -0.15) is 0 Å². The van der Waals surface area contributed by atoms with Gasteiger partial charge in [0.05, 0.1) is 11.7 Å². The van der Waals surface area contributed by atoms with Gasteiger partial charge in [-0.15, -0.1) is 0 Å². The van der Waals surface area contributed by atoms with E-state index in [-0.39, 0.29) is 18.6 Å². The maximum absolute atomic E-state index is 11.7. The van der Waals surface area contributed by atoms with Crippen LogP contribution in [0.3, 0.4) is 0 Å². The molecule has 0 bridgehead atoms. The third kappa shape index (κ3) is 4.24. The second kappa shape index (κ2) is 6.91. The van der Waals surface area contributed by atoms with Gasteiger partial charge in [0.2, 0.25) is 0 Å². The van der Waals surface area contributed by atoms with Crippen molar-refractivity contribution in [3.63, 3.8) is 0 Å². The van der Waals surface area contributed by atoms with Crippen LogP contribution in [0.5, 0.6) is 0 Å². The molecule has 108 valence electrons. The molecule has 0 radical (unpaired) electrons. The van der Waals surface area contributed by atoms with E-state index in [0.717, 1.165) is 19.4 Å². The topological polar surface area (TPSA) is 90.7 Å². The molecule has 1 heterocycles. The predicted molar refractivity (Wildman–Crippen MR) is 73.1 cm³/mol. The first-order valence-corrected chi connectivity index (χ1v) is 6.56. The summed E-state index contributed by atoms with van der Waals surface area (Å²) < 4.78 is 10.3. The smallest absolute Gasteiger partial charge is 0.338 e. The van der Waals surface area contributed by atoms with E-state index in [2.05, 4.69) is 5.32 Å². The highest BCUT2D eigenvalue weighted by Gasteiger charge is 2.16. The molecule has 0 unspecified atom stereocenters. The van der Waals surface area contributed by atoms with Gasteiger partial charge in [0.1, 0.15) is 0 Å². The van der Waals surface area contributed by atoms with Crippen LogP contribution >= 0.6 is 0 Å². The molecule has 1 aliphatic rings. The monoisotopic (exact) mass is 278 g/mol. The molecule has 0 spiro atoms. The second-order valence-corrected chi connectivity index (χ2v) is 4.64. The number of carbonyl (C=O) groups excluding carboxylic acids is 2. The Morgan fingerprint density at radius 3 is 2.75 bits per heavy atom. The van der Waals surface area contributed by atoms with Crippen molar-refractivity contribution in [2.45, 2.75) is 18.9 Å². The van der Waals surface area contributed by atoms with Crippen LogP contribution in [0.15, 0.2) is 24.3 Å². The third-order valence-corrected chi connectivity index (χ3v) is 3.03. The van der Waals surface area contributed by atoms with Crippen LogP contribution in [0.25, 0.3) is 0 Å². The average Bonchev–Trinajstić information content (AvgIpc) is 2.96. The van der Waals surface area contributed by atoms with Crippen LogP contribution < -0.4 is 11.1 Å². The molecule has 0 saturated carbocycles. The number of benzene rings is 1. The minimum atomic E-state index is -0.544. The minimum Gasteiger partial charge on any atom is -0.452 e. The van der Waals surface area contributed by atoms with Crippen LogP contribution in [0.4, 0.5) is 5.69 Å². The minimum absolute atomic E-state index is 0.0757. The molecule has 6 heteroatoms. The van der Waals surface area contributed by atoms with E-state index in [1.807, 2.05) is 0 Å². The van der Waals surface area contributed by atoms with E-state index in [1.165, 1.54) is 0 Å². The number of amides is 1.